The van der Waals surface area contributed by atoms with Gasteiger partial charge in [0.2, 0.25) is 0 Å². The van der Waals surface area contributed by atoms with Crippen molar-refractivity contribution in [3.63, 3.8) is 0 Å². The molecule has 1 atom stereocenters. The van der Waals surface area contributed by atoms with Crippen LogP contribution in [0.1, 0.15) is 35.0 Å². The number of carboxylic acid groups (broad SMARTS) is 1. The number of carbonyl (C=O) groups excluding carboxylic acids is 1. The lowest BCUT2D eigenvalue weighted by molar-refractivity contribution is -0.141. The third-order valence-electron chi connectivity index (χ3n) is 6.61. The van der Waals surface area contributed by atoms with Crippen molar-refractivity contribution in [2.45, 2.75) is 51.6 Å². The molecular formula is C25H28ClF2NO5Si. The molecule has 1 aromatic heterocycles. The summed E-state index contributed by atoms with van der Waals surface area (Å²) in [6.07, 6.45) is 0.330. The van der Waals surface area contributed by atoms with E-state index < -0.39 is 31.6 Å². The summed E-state index contributed by atoms with van der Waals surface area (Å²) in [7, 11) is -0.974. The van der Waals surface area contributed by atoms with Crippen LogP contribution < -0.4 is 9.47 Å². The van der Waals surface area contributed by atoms with Crippen LogP contribution in [-0.2, 0) is 9.83 Å². The van der Waals surface area contributed by atoms with Crippen LogP contribution in [0.5, 0.6) is 11.5 Å². The van der Waals surface area contributed by atoms with E-state index >= 15 is 0 Å². The number of halogens is 3. The Kier molecular flexibility index (Phi) is 7.33. The van der Waals surface area contributed by atoms with E-state index in [2.05, 4.69) is 4.74 Å². The van der Waals surface area contributed by atoms with Gasteiger partial charge in [-0.25, -0.2) is 0 Å². The highest BCUT2D eigenvalue weighted by Crippen LogP contribution is 2.46. The molecule has 3 rings (SSSR count). The summed E-state index contributed by atoms with van der Waals surface area (Å²) in [5.74, 6) is -1.11. The third kappa shape index (κ3) is 4.43. The minimum atomic E-state index is -2.98. The van der Waals surface area contributed by atoms with E-state index in [1.54, 1.807) is 19.1 Å². The van der Waals surface area contributed by atoms with E-state index in [1.807, 2.05) is 26.6 Å². The number of carbonyl (C=O) groups is 2. The number of nitrogens with zero attached hydrogens (tertiary/aromatic N) is 1. The average molecular weight is 524 g/mol. The summed E-state index contributed by atoms with van der Waals surface area (Å²) in [6, 6.07) is 8.61. The maximum Gasteiger partial charge on any atom is 0.387 e. The molecule has 0 amide bonds. The number of hydrogen-bond acceptors (Lipinski definition) is 4. The lowest BCUT2D eigenvalue weighted by Gasteiger charge is -2.40. The number of aromatic nitrogens is 1. The molecule has 1 N–H and O–H groups in total. The normalized spacial score (nSPS) is 13.7. The molecule has 188 valence electrons. The van der Waals surface area contributed by atoms with Crippen molar-refractivity contribution in [3.8, 4) is 11.5 Å². The minimum absolute atomic E-state index is 0.0753. The second kappa shape index (κ2) is 9.62. The first-order valence-corrected chi connectivity index (χ1v) is 14.9. The van der Waals surface area contributed by atoms with Gasteiger partial charge < -0.3 is 14.6 Å². The van der Waals surface area contributed by atoms with Gasteiger partial charge in [-0.15, -0.1) is 0 Å². The van der Waals surface area contributed by atoms with Gasteiger partial charge >= 0.3 is 12.6 Å². The number of benzene rings is 2. The topological polar surface area (TPSA) is 77.8 Å². The highest BCUT2D eigenvalue weighted by molar-refractivity contribution is 6.82. The van der Waals surface area contributed by atoms with Gasteiger partial charge in [0.25, 0.3) is 5.91 Å². The second-order valence-corrected chi connectivity index (χ2v) is 15.1. The zero-order valence-electron chi connectivity index (χ0n) is 20.4. The molecule has 2 aromatic carbocycles. The van der Waals surface area contributed by atoms with Crippen molar-refractivity contribution in [3.05, 3.63) is 58.2 Å². The molecule has 35 heavy (non-hydrogen) atoms. The summed E-state index contributed by atoms with van der Waals surface area (Å²) >= 11 is 6.41. The van der Waals surface area contributed by atoms with E-state index in [9.17, 15) is 23.5 Å². The molecular weight excluding hydrogens is 496 g/mol. The van der Waals surface area contributed by atoms with E-state index in [-0.39, 0.29) is 16.3 Å². The SMILES string of the molecule is CCC(C(=O)O)(c1c(C)n(C(=O)c2ccc(OC(F)F)cc2)c2cc(Cl)c(OC)cc12)[Si](C)(C)C. The van der Waals surface area contributed by atoms with Gasteiger partial charge in [0.05, 0.1) is 30.8 Å². The first-order chi connectivity index (χ1) is 16.3. The second-order valence-electron chi connectivity index (χ2n) is 9.32. The molecule has 0 radical (unpaired) electrons. The van der Waals surface area contributed by atoms with Crippen molar-refractivity contribution < 1.29 is 33.0 Å². The van der Waals surface area contributed by atoms with Crippen molar-refractivity contribution in [2.24, 2.45) is 0 Å². The summed E-state index contributed by atoms with van der Waals surface area (Å²) < 4.78 is 36.3. The largest absolute Gasteiger partial charge is 0.495 e. The Labute approximate surface area is 208 Å². The first-order valence-electron chi connectivity index (χ1n) is 11.0. The molecule has 3 aromatic rings. The Morgan fingerprint density at radius 3 is 2.23 bits per heavy atom. The molecule has 0 fully saturated rings. The fraction of sp³-hybridized carbons (Fsp3) is 0.360. The molecule has 0 aliphatic rings. The number of methoxy groups -OCH3 is 1. The molecule has 0 aliphatic heterocycles. The Balaban J connectivity index is 2.37. The van der Waals surface area contributed by atoms with E-state index in [0.717, 1.165) is 0 Å². The van der Waals surface area contributed by atoms with Crippen LogP contribution in [0.2, 0.25) is 24.7 Å². The Hall–Kier alpha value is -2.91. The fourth-order valence-electron chi connectivity index (χ4n) is 4.94. The molecule has 0 spiro atoms. The maximum absolute atomic E-state index is 13.7. The van der Waals surface area contributed by atoms with Crippen LogP contribution >= 0.6 is 11.6 Å². The van der Waals surface area contributed by atoms with Gasteiger partial charge in [0.1, 0.15) is 11.5 Å². The average Bonchev–Trinajstić information content (AvgIpc) is 3.03. The standard InChI is InChI=1S/C25H28ClF2NO5Si/c1-7-25(23(31)32,35(4,5)6)21-14(2)29(19-13-18(26)20(33-3)12-17(19)21)22(30)15-8-10-16(11-9-15)34-24(27)28/h8-13,24H,7H2,1-6H3,(H,31,32). The lowest BCUT2D eigenvalue weighted by Crippen LogP contribution is -2.55. The first kappa shape index (κ1) is 26.7. The summed E-state index contributed by atoms with van der Waals surface area (Å²) in [5, 5.41) is 10.2. The Morgan fingerprint density at radius 2 is 1.77 bits per heavy atom. The van der Waals surface area contributed by atoms with Crippen LogP contribution in [0.15, 0.2) is 36.4 Å². The highest BCUT2D eigenvalue weighted by Gasteiger charge is 2.52. The molecule has 0 saturated heterocycles. The van der Waals surface area contributed by atoms with Gasteiger partial charge in [-0.1, -0.05) is 38.2 Å². The van der Waals surface area contributed by atoms with Gasteiger partial charge in [-0.2, -0.15) is 8.78 Å². The monoisotopic (exact) mass is 523 g/mol. The van der Waals surface area contributed by atoms with E-state index in [0.29, 0.717) is 34.3 Å². The van der Waals surface area contributed by atoms with Crippen LogP contribution in [0.3, 0.4) is 0 Å². The number of hydrogen-bond donors (Lipinski definition) is 1. The van der Waals surface area contributed by atoms with Crippen LogP contribution in [-0.4, -0.2) is 43.3 Å². The van der Waals surface area contributed by atoms with Gasteiger partial charge in [-0.3, -0.25) is 14.2 Å². The zero-order valence-corrected chi connectivity index (χ0v) is 22.2. The highest BCUT2D eigenvalue weighted by atomic mass is 35.5. The molecule has 10 heteroatoms. The summed E-state index contributed by atoms with van der Waals surface area (Å²) in [6.45, 7) is 6.55. The maximum atomic E-state index is 13.7. The Morgan fingerprint density at radius 1 is 1.17 bits per heavy atom. The number of fused-ring (bicyclic) bond motifs is 1. The predicted molar refractivity (Wildman–Crippen MR) is 134 cm³/mol. The van der Waals surface area contributed by atoms with Crippen molar-refractivity contribution in [1.82, 2.24) is 4.57 Å². The fourth-order valence-corrected chi connectivity index (χ4v) is 7.94. The van der Waals surface area contributed by atoms with Crippen LogP contribution in [0.25, 0.3) is 10.9 Å². The number of rotatable bonds is 8. The number of alkyl halides is 2. The Bertz CT molecular complexity index is 1280. The van der Waals surface area contributed by atoms with Crippen LogP contribution in [0, 0.1) is 6.92 Å². The molecule has 0 aliphatic carbocycles. The van der Waals surface area contributed by atoms with Crippen molar-refractivity contribution >= 4 is 42.5 Å². The van der Waals surface area contributed by atoms with E-state index in [1.165, 1.54) is 35.9 Å². The third-order valence-corrected chi connectivity index (χ3v) is 10.3. The van der Waals surface area contributed by atoms with E-state index in [4.69, 9.17) is 16.3 Å². The van der Waals surface area contributed by atoms with Gasteiger partial charge in [0, 0.05) is 16.6 Å². The molecule has 1 unspecified atom stereocenters. The molecule has 1 heterocycles. The predicted octanol–water partition coefficient (Wildman–Crippen LogP) is 6.51. The molecule has 0 saturated carbocycles. The number of aliphatic carboxylic acids is 1. The van der Waals surface area contributed by atoms with Gasteiger partial charge in [0.15, 0.2) is 0 Å². The number of ether oxygens (including phenoxy) is 2. The molecule has 6 nitrogen and oxygen atoms in total. The summed E-state index contributed by atoms with van der Waals surface area (Å²) in [5.41, 5.74) is 1.70. The lowest BCUT2D eigenvalue weighted by atomic mass is 9.92. The van der Waals surface area contributed by atoms with Crippen LogP contribution in [0.4, 0.5) is 8.78 Å². The van der Waals surface area contributed by atoms with Gasteiger partial charge in [-0.05, 0) is 55.3 Å². The number of carboxylic acids is 1. The van der Waals surface area contributed by atoms with Crippen molar-refractivity contribution in [1.29, 1.82) is 0 Å². The quantitative estimate of drug-likeness (QED) is 0.340. The zero-order chi connectivity index (χ0) is 26.3. The smallest absolute Gasteiger partial charge is 0.387 e. The minimum Gasteiger partial charge on any atom is -0.495 e. The summed E-state index contributed by atoms with van der Waals surface area (Å²) in [4.78, 5) is 26.6. The van der Waals surface area contributed by atoms with Crippen molar-refractivity contribution in [2.75, 3.05) is 7.11 Å². The molecule has 0 bridgehead atoms.